The Balaban J connectivity index is 2.57. The molecule has 0 fully saturated rings. The molecule has 0 bridgehead atoms. The van der Waals surface area contributed by atoms with E-state index in [-0.39, 0.29) is 0 Å². The zero-order valence-corrected chi connectivity index (χ0v) is 9.46. The van der Waals surface area contributed by atoms with Gasteiger partial charge in [0.05, 0.1) is 10.2 Å². The van der Waals surface area contributed by atoms with Gasteiger partial charge in [0.15, 0.2) is 0 Å². The van der Waals surface area contributed by atoms with Crippen molar-refractivity contribution in [2.45, 2.75) is 13.8 Å². The Hall–Kier alpha value is -0.250. The predicted molar refractivity (Wildman–Crippen MR) is 58.3 cm³/mol. The van der Waals surface area contributed by atoms with E-state index in [2.05, 4.69) is 42.5 Å². The van der Waals surface area contributed by atoms with Crippen LogP contribution in [0.4, 0.5) is 0 Å². The molecule has 0 spiro atoms. The Morgan fingerprint density at radius 1 is 1.58 bits per heavy atom. The highest BCUT2D eigenvalue weighted by Gasteiger charge is 1.99. The Morgan fingerprint density at radius 3 is 2.92 bits per heavy atom. The molecule has 0 saturated carbocycles. The van der Waals surface area contributed by atoms with Crippen molar-refractivity contribution >= 4 is 22.6 Å². The Kier molecular flexibility index (Phi) is 3.85. The van der Waals surface area contributed by atoms with Gasteiger partial charge in [-0.3, -0.25) is 0 Å². The summed E-state index contributed by atoms with van der Waals surface area (Å²) in [7, 11) is 0. The molecule has 1 radical (unpaired) electrons. The summed E-state index contributed by atoms with van der Waals surface area (Å²) in [4.78, 5) is 0. The lowest BCUT2D eigenvalue weighted by Crippen LogP contribution is -2.05. The molecule has 12 heavy (non-hydrogen) atoms. The minimum absolute atomic E-state index is 0.574. The van der Waals surface area contributed by atoms with E-state index in [1.807, 2.05) is 18.2 Å². The first kappa shape index (κ1) is 9.84. The largest absolute Gasteiger partial charge is 0.492 e. The number of rotatable bonds is 3. The molecule has 0 heterocycles. The molecule has 0 unspecified atom stereocenters. The maximum absolute atomic E-state index is 5.57. The van der Waals surface area contributed by atoms with E-state index in [0.29, 0.717) is 5.92 Å². The fraction of sp³-hybridized carbons (Fsp3) is 0.400. The average molecular weight is 275 g/mol. The van der Waals surface area contributed by atoms with Crippen LogP contribution in [0.15, 0.2) is 18.2 Å². The van der Waals surface area contributed by atoms with E-state index < -0.39 is 0 Å². The standard InChI is InChI=1S/C10H12IO/c1-8(2)7-12-10-6-4-3-5-9(10)11/h4-6,8H,7H2,1-2H3. The molecule has 0 amide bonds. The van der Waals surface area contributed by atoms with E-state index in [4.69, 9.17) is 4.74 Å². The fourth-order valence-corrected chi connectivity index (χ4v) is 1.28. The molecular formula is C10H12IO. The highest BCUT2D eigenvalue weighted by molar-refractivity contribution is 14.1. The fourth-order valence-electron chi connectivity index (χ4n) is 0.769. The molecule has 0 aliphatic rings. The van der Waals surface area contributed by atoms with Crippen molar-refractivity contribution in [2.75, 3.05) is 6.61 Å². The van der Waals surface area contributed by atoms with Gasteiger partial charge in [0.2, 0.25) is 0 Å². The highest BCUT2D eigenvalue weighted by Crippen LogP contribution is 2.19. The molecule has 2 heteroatoms. The van der Waals surface area contributed by atoms with Gasteiger partial charge in [0.1, 0.15) is 5.75 Å². The summed E-state index contributed by atoms with van der Waals surface area (Å²) in [6.07, 6.45) is 0. The Bertz CT molecular complexity index is 245. The van der Waals surface area contributed by atoms with Crippen molar-refractivity contribution in [3.05, 3.63) is 27.8 Å². The maximum Gasteiger partial charge on any atom is 0.132 e. The van der Waals surface area contributed by atoms with Crippen LogP contribution in [0, 0.1) is 15.6 Å². The van der Waals surface area contributed by atoms with Gasteiger partial charge < -0.3 is 4.74 Å². The van der Waals surface area contributed by atoms with Crippen LogP contribution >= 0.6 is 22.6 Å². The van der Waals surface area contributed by atoms with Crippen molar-refractivity contribution < 1.29 is 4.74 Å². The van der Waals surface area contributed by atoms with Crippen LogP contribution < -0.4 is 4.74 Å². The zero-order valence-electron chi connectivity index (χ0n) is 7.30. The van der Waals surface area contributed by atoms with Crippen LogP contribution in [0.5, 0.6) is 5.75 Å². The van der Waals surface area contributed by atoms with Crippen LogP contribution in [0.25, 0.3) is 0 Å². The monoisotopic (exact) mass is 275 g/mol. The van der Waals surface area contributed by atoms with Gasteiger partial charge in [-0.05, 0) is 46.7 Å². The third-order valence-electron chi connectivity index (χ3n) is 1.35. The molecule has 0 saturated heterocycles. The summed E-state index contributed by atoms with van der Waals surface area (Å²) in [5.41, 5.74) is 0. The van der Waals surface area contributed by atoms with Gasteiger partial charge in [0, 0.05) is 0 Å². The normalized spacial score (nSPS) is 10.3. The van der Waals surface area contributed by atoms with Crippen LogP contribution in [0.3, 0.4) is 0 Å². The Morgan fingerprint density at radius 2 is 2.33 bits per heavy atom. The van der Waals surface area contributed by atoms with Crippen molar-refractivity contribution in [2.24, 2.45) is 5.92 Å². The summed E-state index contributed by atoms with van der Waals surface area (Å²) >= 11 is 2.25. The first-order valence-corrected chi connectivity index (χ1v) is 5.06. The van der Waals surface area contributed by atoms with E-state index in [1.165, 1.54) is 0 Å². The first-order chi connectivity index (χ1) is 5.70. The second kappa shape index (κ2) is 4.70. The molecule has 1 aromatic carbocycles. The van der Waals surface area contributed by atoms with Crippen LogP contribution in [0.1, 0.15) is 13.8 Å². The molecule has 0 aliphatic heterocycles. The molecule has 0 N–H and O–H groups in total. The summed E-state index contributed by atoms with van der Waals surface area (Å²) in [5, 5.41) is 0. The summed E-state index contributed by atoms with van der Waals surface area (Å²) in [6, 6.07) is 8.75. The van der Waals surface area contributed by atoms with Gasteiger partial charge >= 0.3 is 0 Å². The SMILES string of the molecule is CC(C)COc1cc[c]cc1I. The molecule has 1 aromatic rings. The summed E-state index contributed by atoms with van der Waals surface area (Å²) in [6.45, 7) is 5.06. The molecular weight excluding hydrogens is 263 g/mol. The molecule has 0 aromatic heterocycles. The number of hydrogen-bond acceptors (Lipinski definition) is 1. The van der Waals surface area contributed by atoms with Crippen molar-refractivity contribution in [1.29, 1.82) is 0 Å². The van der Waals surface area contributed by atoms with Crippen LogP contribution in [-0.2, 0) is 0 Å². The molecule has 1 nitrogen and oxygen atoms in total. The smallest absolute Gasteiger partial charge is 0.132 e. The maximum atomic E-state index is 5.57. The van der Waals surface area contributed by atoms with Gasteiger partial charge in [-0.1, -0.05) is 19.9 Å². The second-order valence-corrected chi connectivity index (χ2v) is 4.22. The number of ether oxygens (including phenoxy) is 1. The van der Waals surface area contributed by atoms with Crippen LogP contribution in [-0.4, -0.2) is 6.61 Å². The quantitative estimate of drug-likeness (QED) is 0.770. The Labute approximate surface area is 87.3 Å². The van der Waals surface area contributed by atoms with Crippen molar-refractivity contribution in [3.8, 4) is 5.75 Å². The molecule has 65 valence electrons. The molecule has 0 aliphatic carbocycles. The second-order valence-electron chi connectivity index (χ2n) is 3.06. The lowest BCUT2D eigenvalue weighted by atomic mass is 10.2. The topological polar surface area (TPSA) is 9.23 Å². The van der Waals surface area contributed by atoms with E-state index in [9.17, 15) is 0 Å². The number of benzene rings is 1. The average Bonchev–Trinajstić information content (AvgIpc) is 2.03. The third-order valence-corrected chi connectivity index (χ3v) is 2.19. The summed E-state index contributed by atoms with van der Waals surface area (Å²) < 4.78 is 6.69. The van der Waals surface area contributed by atoms with Crippen molar-refractivity contribution in [1.82, 2.24) is 0 Å². The van der Waals surface area contributed by atoms with E-state index >= 15 is 0 Å². The lowest BCUT2D eigenvalue weighted by Gasteiger charge is -2.09. The predicted octanol–water partition coefficient (Wildman–Crippen LogP) is 3.13. The van der Waals surface area contributed by atoms with E-state index in [1.54, 1.807) is 0 Å². The minimum atomic E-state index is 0.574. The highest BCUT2D eigenvalue weighted by atomic mass is 127. The van der Waals surface area contributed by atoms with Gasteiger partial charge in [-0.25, -0.2) is 0 Å². The third kappa shape index (κ3) is 3.01. The minimum Gasteiger partial charge on any atom is -0.492 e. The van der Waals surface area contributed by atoms with E-state index in [0.717, 1.165) is 15.9 Å². The van der Waals surface area contributed by atoms with Crippen LogP contribution in [0.2, 0.25) is 0 Å². The van der Waals surface area contributed by atoms with Gasteiger partial charge in [-0.2, -0.15) is 0 Å². The molecule has 1 rings (SSSR count). The zero-order chi connectivity index (χ0) is 8.97. The van der Waals surface area contributed by atoms with Gasteiger partial charge in [-0.15, -0.1) is 0 Å². The number of halogens is 1. The number of hydrogen-bond donors (Lipinski definition) is 0. The van der Waals surface area contributed by atoms with Gasteiger partial charge in [0.25, 0.3) is 0 Å². The lowest BCUT2D eigenvalue weighted by molar-refractivity contribution is 0.269. The van der Waals surface area contributed by atoms with Crippen molar-refractivity contribution in [3.63, 3.8) is 0 Å². The molecule has 0 atom stereocenters. The summed E-state index contributed by atoms with van der Waals surface area (Å²) in [5.74, 6) is 1.54. The first-order valence-electron chi connectivity index (χ1n) is 3.98.